The SMILES string of the molecule is CCCCCCCCCNCC1(CCCl)CC1. The Morgan fingerprint density at radius 2 is 1.65 bits per heavy atom. The van der Waals surface area contributed by atoms with Crippen molar-refractivity contribution in [2.45, 2.75) is 71.1 Å². The number of rotatable bonds is 12. The lowest BCUT2D eigenvalue weighted by molar-refractivity contribution is 0.439. The van der Waals surface area contributed by atoms with Gasteiger partial charge in [0.25, 0.3) is 0 Å². The molecule has 0 aromatic carbocycles. The molecular weight excluding hydrogens is 230 g/mol. The summed E-state index contributed by atoms with van der Waals surface area (Å²) in [5, 5.41) is 3.62. The molecule has 1 fully saturated rings. The molecular formula is C15H30ClN. The van der Waals surface area contributed by atoms with Gasteiger partial charge in [-0.1, -0.05) is 45.4 Å². The molecule has 1 saturated carbocycles. The summed E-state index contributed by atoms with van der Waals surface area (Å²) in [6.07, 6.45) is 13.8. The zero-order valence-electron chi connectivity index (χ0n) is 11.6. The molecule has 102 valence electrons. The summed E-state index contributed by atoms with van der Waals surface area (Å²) in [5.74, 6) is 0.832. The van der Waals surface area contributed by atoms with E-state index in [9.17, 15) is 0 Å². The fourth-order valence-electron chi connectivity index (χ4n) is 2.45. The fourth-order valence-corrected chi connectivity index (χ4v) is 2.85. The lowest BCUT2D eigenvalue weighted by Gasteiger charge is -2.14. The first-order valence-electron chi connectivity index (χ1n) is 7.60. The molecule has 0 spiro atoms. The van der Waals surface area contributed by atoms with E-state index in [2.05, 4.69) is 12.2 Å². The maximum Gasteiger partial charge on any atom is 0.0229 e. The lowest BCUT2D eigenvalue weighted by atomic mass is 10.0. The quantitative estimate of drug-likeness (QED) is 0.394. The molecule has 0 unspecified atom stereocenters. The van der Waals surface area contributed by atoms with Crippen molar-refractivity contribution in [3.63, 3.8) is 0 Å². The van der Waals surface area contributed by atoms with E-state index in [1.54, 1.807) is 0 Å². The van der Waals surface area contributed by atoms with Crippen LogP contribution in [0.15, 0.2) is 0 Å². The highest BCUT2D eigenvalue weighted by atomic mass is 35.5. The molecule has 2 heteroatoms. The van der Waals surface area contributed by atoms with Crippen molar-refractivity contribution >= 4 is 11.6 Å². The van der Waals surface area contributed by atoms with Crippen LogP contribution < -0.4 is 5.32 Å². The first-order chi connectivity index (χ1) is 8.33. The van der Waals surface area contributed by atoms with Gasteiger partial charge < -0.3 is 5.32 Å². The van der Waals surface area contributed by atoms with Crippen LogP contribution in [0.4, 0.5) is 0 Å². The Kier molecular flexibility index (Phi) is 8.30. The summed E-state index contributed by atoms with van der Waals surface area (Å²) in [4.78, 5) is 0. The first kappa shape index (κ1) is 15.3. The van der Waals surface area contributed by atoms with Gasteiger partial charge in [0.05, 0.1) is 0 Å². The van der Waals surface area contributed by atoms with E-state index in [1.165, 1.54) is 77.3 Å². The van der Waals surface area contributed by atoms with E-state index in [1.807, 2.05) is 0 Å². The summed E-state index contributed by atoms with van der Waals surface area (Å²) in [7, 11) is 0. The molecule has 0 aromatic rings. The topological polar surface area (TPSA) is 12.0 Å². The van der Waals surface area contributed by atoms with Gasteiger partial charge in [0.15, 0.2) is 0 Å². The number of alkyl halides is 1. The molecule has 0 saturated heterocycles. The molecule has 0 heterocycles. The summed E-state index contributed by atoms with van der Waals surface area (Å²) in [6, 6.07) is 0. The summed E-state index contributed by atoms with van der Waals surface area (Å²) < 4.78 is 0. The number of hydrogen-bond donors (Lipinski definition) is 1. The Hall–Kier alpha value is 0.250. The van der Waals surface area contributed by atoms with Gasteiger partial charge in [0.2, 0.25) is 0 Å². The Balaban J connectivity index is 1.79. The number of hydrogen-bond acceptors (Lipinski definition) is 1. The molecule has 1 N–H and O–H groups in total. The van der Waals surface area contributed by atoms with Gasteiger partial charge >= 0.3 is 0 Å². The Labute approximate surface area is 113 Å². The molecule has 1 rings (SSSR count). The minimum absolute atomic E-state index is 0.600. The van der Waals surface area contributed by atoms with Gasteiger partial charge in [0, 0.05) is 12.4 Å². The number of nitrogens with one attached hydrogen (secondary N) is 1. The predicted octanol–water partition coefficient (Wildman–Crippen LogP) is 4.74. The van der Waals surface area contributed by atoms with E-state index in [0.717, 1.165) is 5.88 Å². The number of halogens is 1. The van der Waals surface area contributed by atoms with Gasteiger partial charge in [-0.2, -0.15) is 0 Å². The molecule has 0 aliphatic heterocycles. The van der Waals surface area contributed by atoms with Crippen LogP contribution in [0.2, 0.25) is 0 Å². The van der Waals surface area contributed by atoms with Gasteiger partial charge in [-0.15, -0.1) is 11.6 Å². The monoisotopic (exact) mass is 259 g/mol. The van der Waals surface area contributed by atoms with Crippen LogP contribution in [-0.2, 0) is 0 Å². The van der Waals surface area contributed by atoms with E-state index in [-0.39, 0.29) is 0 Å². The normalized spacial score (nSPS) is 17.3. The van der Waals surface area contributed by atoms with Gasteiger partial charge in [-0.25, -0.2) is 0 Å². The summed E-state index contributed by atoms with van der Waals surface area (Å²) in [5.41, 5.74) is 0.600. The summed E-state index contributed by atoms with van der Waals surface area (Å²) >= 11 is 5.82. The van der Waals surface area contributed by atoms with Crippen molar-refractivity contribution < 1.29 is 0 Å². The number of unbranched alkanes of at least 4 members (excludes halogenated alkanes) is 6. The molecule has 0 amide bonds. The molecule has 0 bridgehead atoms. The predicted molar refractivity (Wildman–Crippen MR) is 77.9 cm³/mol. The van der Waals surface area contributed by atoms with Crippen molar-refractivity contribution in [2.24, 2.45) is 5.41 Å². The minimum atomic E-state index is 0.600. The van der Waals surface area contributed by atoms with Crippen LogP contribution in [-0.4, -0.2) is 19.0 Å². The highest BCUT2D eigenvalue weighted by molar-refractivity contribution is 6.17. The Bertz CT molecular complexity index is 178. The maximum atomic E-state index is 5.82. The fraction of sp³-hybridized carbons (Fsp3) is 1.00. The molecule has 0 aromatic heterocycles. The van der Waals surface area contributed by atoms with Gasteiger partial charge in [-0.05, 0) is 37.6 Å². The zero-order valence-corrected chi connectivity index (χ0v) is 12.3. The Morgan fingerprint density at radius 3 is 2.24 bits per heavy atom. The molecule has 1 aliphatic carbocycles. The van der Waals surface area contributed by atoms with Crippen molar-refractivity contribution in [2.75, 3.05) is 19.0 Å². The summed E-state index contributed by atoms with van der Waals surface area (Å²) in [6.45, 7) is 4.69. The standard InChI is InChI=1S/C15H30ClN/c1-2-3-4-5-6-7-8-13-17-14-15(9-10-15)11-12-16/h17H,2-14H2,1H3. The zero-order chi connectivity index (χ0) is 12.4. The third kappa shape index (κ3) is 7.31. The van der Waals surface area contributed by atoms with E-state index < -0.39 is 0 Å². The lowest BCUT2D eigenvalue weighted by Crippen LogP contribution is -2.25. The molecule has 1 aliphatic rings. The molecule has 17 heavy (non-hydrogen) atoms. The first-order valence-corrected chi connectivity index (χ1v) is 8.13. The van der Waals surface area contributed by atoms with E-state index >= 15 is 0 Å². The third-order valence-corrected chi connectivity index (χ3v) is 4.23. The average Bonchev–Trinajstić information content (AvgIpc) is 3.08. The van der Waals surface area contributed by atoms with Crippen LogP contribution in [0, 0.1) is 5.41 Å². The third-order valence-electron chi connectivity index (χ3n) is 4.04. The van der Waals surface area contributed by atoms with E-state index in [4.69, 9.17) is 11.6 Å². The smallest absolute Gasteiger partial charge is 0.0229 e. The van der Waals surface area contributed by atoms with Crippen molar-refractivity contribution in [1.82, 2.24) is 5.32 Å². The van der Waals surface area contributed by atoms with Crippen LogP contribution >= 0.6 is 11.6 Å². The Morgan fingerprint density at radius 1 is 1.00 bits per heavy atom. The van der Waals surface area contributed by atoms with Gasteiger partial charge in [-0.3, -0.25) is 0 Å². The van der Waals surface area contributed by atoms with Crippen LogP contribution in [0.5, 0.6) is 0 Å². The highest BCUT2D eigenvalue weighted by Crippen LogP contribution is 2.48. The maximum absolute atomic E-state index is 5.82. The molecule has 0 atom stereocenters. The van der Waals surface area contributed by atoms with Crippen molar-refractivity contribution in [3.05, 3.63) is 0 Å². The van der Waals surface area contributed by atoms with Crippen molar-refractivity contribution in [3.8, 4) is 0 Å². The highest BCUT2D eigenvalue weighted by Gasteiger charge is 2.40. The van der Waals surface area contributed by atoms with Crippen LogP contribution in [0.1, 0.15) is 71.1 Å². The van der Waals surface area contributed by atoms with E-state index in [0.29, 0.717) is 5.41 Å². The second-order valence-electron chi connectivity index (χ2n) is 5.74. The second kappa shape index (κ2) is 9.22. The largest absolute Gasteiger partial charge is 0.316 e. The molecule has 0 radical (unpaired) electrons. The van der Waals surface area contributed by atoms with Crippen LogP contribution in [0.25, 0.3) is 0 Å². The van der Waals surface area contributed by atoms with Crippen molar-refractivity contribution in [1.29, 1.82) is 0 Å². The molecule has 1 nitrogen and oxygen atoms in total. The van der Waals surface area contributed by atoms with Crippen LogP contribution in [0.3, 0.4) is 0 Å². The van der Waals surface area contributed by atoms with Gasteiger partial charge in [0.1, 0.15) is 0 Å². The average molecular weight is 260 g/mol. The second-order valence-corrected chi connectivity index (χ2v) is 6.12. The minimum Gasteiger partial charge on any atom is -0.316 e.